The van der Waals surface area contributed by atoms with Crippen LogP contribution in [-0.2, 0) is 9.53 Å². The number of thiazole rings is 1. The van der Waals surface area contributed by atoms with Crippen LogP contribution in [0.25, 0.3) is 11.3 Å². The van der Waals surface area contributed by atoms with Gasteiger partial charge in [0.1, 0.15) is 29.8 Å². The molecule has 0 aliphatic heterocycles. The first-order chi connectivity index (χ1) is 18.8. The Balaban J connectivity index is 1.66. The summed E-state index contributed by atoms with van der Waals surface area (Å²) >= 11 is 1.10. The van der Waals surface area contributed by atoms with Gasteiger partial charge in [0.25, 0.3) is 0 Å². The first kappa shape index (κ1) is 27.8. The fraction of sp³-hybridized carbons (Fsp3) is 0.286. The van der Waals surface area contributed by atoms with E-state index in [0.29, 0.717) is 31.1 Å². The molecular weight excluding hydrogens is 520 g/mol. The molecule has 0 radical (unpaired) electrons. The average Bonchev–Trinajstić information content (AvgIpc) is 3.52. The Morgan fingerprint density at radius 3 is 2.49 bits per heavy atom. The SMILES string of the molecule is CCOCCOc1ccc(-c2[nH]c(=O)n([C@H](C(=O)Nc3nc(C(C)=O)cs3)[C@@H](C)c3ccccc3)c2O)cc1. The van der Waals surface area contributed by atoms with Crippen LogP contribution in [0.3, 0.4) is 0 Å². The maximum absolute atomic E-state index is 13.6. The van der Waals surface area contributed by atoms with Crippen molar-refractivity contribution in [3.05, 3.63) is 81.7 Å². The van der Waals surface area contributed by atoms with Crippen LogP contribution >= 0.6 is 11.3 Å². The summed E-state index contributed by atoms with van der Waals surface area (Å²) in [5.41, 5.74) is 1.09. The number of H-pyrrole nitrogens is 1. The molecule has 4 rings (SSSR count). The minimum atomic E-state index is -1.13. The maximum Gasteiger partial charge on any atom is 0.329 e. The van der Waals surface area contributed by atoms with Crippen molar-refractivity contribution in [2.75, 3.05) is 25.1 Å². The summed E-state index contributed by atoms with van der Waals surface area (Å²) < 4.78 is 12.0. The maximum atomic E-state index is 13.6. The number of benzene rings is 2. The number of aromatic amines is 1. The number of nitrogens with one attached hydrogen (secondary N) is 2. The van der Waals surface area contributed by atoms with E-state index in [1.165, 1.54) is 6.92 Å². The number of carbonyl (C=O) groups is 2. The van der Waals surface area contributed by atoms with Gasteiger partial charge >= 0.3 is 5.69 Å². The smallest absolute Gasteiger partial charge is 0.329 e. The highest BCUT2D eigenvalue weighted by Crippen LogP contribution is 2.35. The van der Waals surface area contributed by atoms with Gasteiger partial charge in [0, 0.05) is 30.4 Å². The van der Waals surface area contributed by atoms with Gasteiger partial charge in [0.05, 0.1) is 6.61 Å². The molecule has 10 nitrogen and oxygen atoms in total. The van der Waals surface area contributed by atoms with Crippen LogP contribution in [0.4, 0.5) is 5.13 Å². The molecule has 0 spiro atoms. The number of hydrogen-bond donors (Lipinski definition) is 3. The summed E-state index contributed by atoms with van der Waals surface area (Å²) in [6.45, 7) is 6.57. The van der Waals surface area contributed by atoms with Crippen molar-refractivity contribution < 1.29 is 24.2 Å². The van der Waals surface area contributed by atoms with E-state index in [4.69, 9.17) is 9.47 Å². The largest absolute Gasteiger partial charge is 0.493 e. The van der Waals surface area contributed by atoms with Crippen molar-refractivity contribution in [2.45, 2.75) is 32.7 Å². The average molecular weight is 551 g/mol. The highest BCUT2D eigenvalue weighted by molar-refractivity contribution is 7.14. The Bertz CT molecular complexity index is 1480. The fourth-order valence-corrected chi connectivity index (χ4v) is 4.91. The Morgan fingerprint density at radius 1 is 1.13 bits per heavy atom. The summed E-state index contributed by atoms with van der Waals surface area (Å²) in [4.78, 5) is 45.3. The number of carbonyl (C=O) groups excluding carboxylic acids is 2. The van der Waals surface area contributed by atoms with E-state index in [0.717, 1.165) is 21.5 Å². The highest BCUT2D eigenvalue weighted by Gasteiger charge is 2.33. The number of amides is 1. The van der Waals surface area contributed by atoms with Crippen molar-refractivity contribution >= 4 is 28.2 Å². The Morgan fingerprint density at radius 2 is 1.85 bits per heavy atom. The van der Waals surface area contributed by atoms with Crippen molar-refractivity contribution in [1.82, 2.24) is 14.5 Å². The lowest BCUT2D eigenvalue weighted by atomic mass is 9.92. The molecule has 4 aromatic rings. The lowest BCUT2D eigenvalue weighted by molar-refractivity contribution is -0.120. The van der Waals surface area contributed by atoms with Crippen LogP contribution in [0.5, 0.6) is 11.6 Å². The van der Waals surface area contributed by atoms with E-state index in [2.05, 4.69) is 15.3 Å². The van der Waals surface area contributed by atoms with E-state index in [-0.39, 0.29) is 28.2 Å². The number of rotatable bonds is 12. The number of nitrogens with zero attached hydrogens (tertiary/aromatic N) is 2. The second-order valence-electron chi connectivity index (χ2n) is 8.80. The van der Waals surface area contributed by atoms with Crippen molar-refractivity contribution in [3.63, 3.8) is 0 Å². The number of ketones is 1. The van der Waals surface area contributed by atoms with E-state index in [1.807, 2.05) is 37.3 Å². The van der Waals surface area contributed by atoms with Crippen molar-refractivity contribution in [2.24, 2.45) is 0 Å². The lowest BCUT2D eigenvalue weighted by Crippen LogP contribution is -2.35. The number of ether oxygens (including phenoxy) is 2. The first-order valence-electron chi connectivity index (χ1n) is 12.5. The zero-order chi connectivity index (χ0) is 27.9. The zero-order valence-electron chi connectivity index (χ0n) is 21.8. The molecule has 2 heterocycles. The summed E-state index contributed by atoms with van der Waals surface area (Å²) in [5, 5.41) is 15.7. The minimum absolute atomic E-state index is 0.173. The van der Waals surface area contributed by atoms with Gasteiger partial charge in [-0.2, -0.15) is 0 Å². The summed E-state index contributed by atoms with van der Waals surface area (Å²) in [6, 6.07) is 15.0. The van der Waals surface area contributed by atoms with E-state index >= 15 is 0 Å². The third-order valence-corrected chi connectivity index (χ3v) is 6.94. The van der Waals surface area contributed by atoms with Gasteiger partial charge in [-0.05, 0) is 36.8 Å². The molecule has 0 saturated heterocycles. The molecule has 0 aliphatic carbocycles. The standard InChI is InChI=1S/C28H30N4O6S/c1-4-37-14-15-38-21-12-10-20(11-13-21)23-26(35)32(28(36)30-23)24(17(2)19-8-6-5-7-9-19)25(34)31-27-29-22(16-39-27)18(3)33/h5-13,16-17,24,35H,4,14-15H2,1-3H3,(H,30,36)(H,29,31,34)/t17-,24-/m0/s1. The third kappa shape index (κ3) is 6.44. The van der Waals surface area contributed by atoms with Crippen LogP contribution in [-0.4, -0.2) is 51.2 Å². The Hall–Kier alpha value is -4.22. The lowest BCUT2D eigenvalue weighted by Gasteiger charge is -2.24. The predicted octanol–water partition coefficient (Wildman–Crippen LogP) is 4.61. The van der Waals surface area contributed by atoms with Gasteiger partial charge in [-0.25, -0.2) is 14.3 Å². The number of hydrogen-bond acceptors (Lipinski definition) is 8. The molecule has 0 saturated carbocycles. The van der Waals surface area contributed by atoms with Gasteiger partial charge in [-0.1, -0.05) is 37.3 Å². The number of imidazole rings is 1. The molecule has 11 heteroatoms. The molecule has 2 aromatic carbocycles. The van der Waals surface area contributed by atoms with Crippen LogP contribution in [0.2, 0.25) is 0 Å². The Kier molecular flexibility index (Phi) is 8.95. The molecule has 3 N–H and O–H groups in total. The molecule has 0 bridgehead atoms. The van der Waals surface area contributed by atoms with E-state index in [9.17, 15) is 19.5 Å². The molecular formula is C28H30N4O6S. The fourth-order valence-electron chi connectivity index (χ4n) is 4.16. The molecule has 0 fully saturated rings. The zero-order valence-corrected chi connectivity index (χ0v) is 22.7. The van der Waals surface area contributed by atoms with E-state index in [1.54, 1.807) is 36.6 Å². The van der Waals surface area contributed by atoms with Gasteiger partial charge in [0.2, 0.25) is 11.8 Å². The molecule has 0 unspecified atom stereocenters. The third-order valence-electron chi connectivity index (χ3n) is 6.19. The van der Waals surface area contributed by atoms with Gasteiger partial charge in [-0.15, -0.1) is 11.3 Å². The predicted molar refractivity (Wildman–Crippen MR) is 149 cm³/mol. The number of anilines is 1. The molecule has 1 amide bonds. The van der Waals surface area contributed by atoms with E-state index < -0.39 is 23.6 Å². The van der Waals surface area contributed by atoms with Crippen LogP contribution in [0.1, 0.15) is 48.8 Å². The van der Waals surface area contributed by atoms with Gasteiger partial charge < -0.3 is 24.9 Å². The second kappa shape index (κ2) is 12.5. The summed E-state index contributed by atoms with van der Waals surface area (Å²) in [5.74, 6) is -1.06. The Labute approximate surface area is 229 Å². The molecule has 2 aromatic heterocycles. The quantitative estimate of drug-likeness (QED) is 0.173. The summed E-state index contributed by atoms with van der Waals surface area (Å²) in [7, 11) is 0. The first-order valence-corrected chi connectivity index (χ1v) is 13.3. The van der Waals surface area contributed by atoms with Gasteiger partial charge in [0.15, 0.2) is 10.9 Å². The minimum Gasteiger partial charge on any atom is -0.493 e. The second-order valence-corrected chi connectivity index (χ2v) is 9.65. The molecule has 39 heavy (non-hydrogen) atoms. The van der Waals surface area contributed by atoms with Crippen LogP contribution in [0, 0.1) is 0 Å². The number of Topliss-reactive ketones (excluding diaryl/α,β-unsaturated/α-hetero) is 1. The molecule has 204 valence electrons. The van der Waals surface area contributed by atoms with Crippen LogP contribution < -0.4 is 15.7 Å². The summed E-state index contributed by atoms with van der Waals surface area (Å²) in [6.07, 6.45) is 0. The topological polar surface area (TPSA) is 136 Å². The molecule has 2 atom stereocenters. The van der Waals surface area contributed by atoms with Crippen molar-refractivity contribution in [3.8, 4) is 22.9 Å². The number of aromatic nitrogens is 3. The van der Waals surface area contributed by atoms with Gasteiger partial charge in [-0.3, -0.25) is 9.59 Å². The van der Waals surface area contributed by atoms with Crippen molar-refractivity contribution in [1.29, 1.82) is 0 Å². The van der Waals surface area contributed by atoms with Crippen LogP contribution in [0.15, 0.2) is 64.8 Å². The molecule has 0 aliphatic rings. The normalized spacial score (nSPS) is 12.6. The highest BCUT2D eigenvalue weighted by atomic mass is 32.1. The monoisotopic (exact) mass is 550 g/mol. The number of aromatic hydroxyl groups is 1.